The lowest BCUT2D eigenvalue weighted by Gasteiger charge is -2.25. The second kappa shape index (κ2) is 6.62. The molecule has 0 saturated carbocycles. The van der Waals surface area contributed by atoms with E-state index in [-0.39, 0.29) is 0 Å². The molecule has 0 aromatic rings. The first-order valence-corrected chi connectivity index (χ1v) is 6.65. The SMILES string of the molecule is CC(CBr)COCC1CC=CCC1C. The lowest BCUT2D eigenvalue weighted by molar-refractivity contribution is 0.0634. The maximum absolute atomic E-state index is 5.73. The number of ether oxygens (including phenoxy) is 1. The zero-order valence-electron chi connectivity index (χ0n) is 9.21. The van der Waals surface area contributed by atoms with Gasteiger partial charge in [-0.3, -0.25) is 0 Å². The van der Waals surface area contributed by atoms with Crippen LogP contribution in [0.25, 0.3) is 0 Å². The van der Waals surface area contributed by atoms with E-state index in [0.717, 1.165) is 30.4 Å². The van der Waals surface area contributed by atoms with E-state index in [4.69, 9.17) is 4.74 Å². The zero-order chi connectivity index (χ0) is 10.4. The first kappa shape index (κ1) is 12.3. The Bertz CT molecular complexity index is 179. The Labute approximate surface area is 96.0 Å². The summed E-state index contributed by atoms with van der Waals surface area (Å²) in [6.07, 6.45) is 7.01. The molecular weight excluding hydrogens is 240 g/mol. The molecule has 0 N–H and O–H groups in total. The summed E-state index contributed by atoms with van der Waals surface area (Å²) in [5.41, 5.74) is 0. The van der Waals surface area contributed by atoms with Crippen LogP contribution < -0.4 is 0 Å². The van der Waals surface area contributed by atoms with Crippen LogP contribution in [0.3, 0.4) is 0 Å². The Morgan fingerprint density at radius 1 is 1.43 bits per heavy atom. The van der Waals surface area contributed by atoms with Gasteiger partial charge in [0.25, 0.3) is 0 Å². The fraction of sp³-hybridized carbons (Fsp3) is 0.833. The van der Waals surface area contributed by atoms with Gasteiger partial charge in [0.15, 0.2) is 0 Å². The number of hydrogen-bond acceptors (Lipinski definition) is 1. The smallest absolute Gasteiger partial charge is 0.0500 e. The molecule has 0 amide bonds. The molecule has 1 aliphatic rings. The van der Waals surface area contributed by atoms with Crippen molar-refractivity contribution < 1.29 is 4.74 Å². The topological polar surface area (TPSA) is 9.23 Å². The van der Waals surface area contributed by atoms with Crippen molar-refractivity contribution in [3.8, 4) is 0 Å². The van der Waals surface area contributed by atoms with Crippen molar-refractivity contribution >= 4 is 15.9 Å². The lowest BCUT2D eigenvalue weighted by Crippen LogP contribution is -2.21. The molecule has 1 nitrogen and oxygen atoms in total. The van der Waals surface area contributed by atoms with E-state index >= 15 is 0 Å². The van der Waals surface area contributed by atoms with Gasteiger partial charge in [-0.05, 0) is 30.6 Å². The summed E-state index contributed by atoms with van der Waals surface area (Å²) < 4.78 is 5.73. The van der Waals surface area contributed by atoms with Gasteiger partial charge in [0.2, 0.25) is 0 Å². The standard InChI is InChI=1S/C12H21BrO/c1-10(7-13)8-14-9-12-6-4-3-5-11(12)2/h3-4,10-12H,5-9H2,1-2H3. The number of rotatable bonds is 5. The molecule has 0 radical (unpaired) electrons. The van der Waals surface area contributed by atoms with Crippen molar-refractivity contribution in [2.24, 2.45) is 17.8 Å². The quantitative estimate of drug-likeness (QED) is 0.542. The van der Waals surface area contributed by atoms with Crippen LogP contribution in [0.4, 0.5) is 0 Å². The Hall–Kier alpha value is 0.180. The van der Waals surface area contributed by atoms with Crippen LogP contribution in [0, 0.1) is 17.8 Å². The summed E-state index contributed by atoms with van der Waals surface area (Å²) in [4.78, 5) is 0. The highest BCUT2D eigenvalue weighted by atomic mass is 79.9. The van der Waals surface area contributed by atoms with Gasteiger partial charge >= 0.3 is 0 Å². The number of hydrogen-bond donors (Lipinski definition) is 0. The average Bonchev–Trinajstić information content (AvgIpc) is 2.20. The molecule has 14 heavy (non-hydrogen) atoms. The van der Waals surface area contributed by atoms with Gasteiger partial charge in [-0.1, -0.05) is 41.9 Å². The molecule has 2 heteroatoms. The van der Waals surface area contributed by atoms with Gasteiger partial charge in [-0.25, -0.2) is 0 Å². The minimum atomic E-state index is 0.629. The summed E-state index contributed by atoms with van der Waals surface area (Å²) in [6.45, 7) is 6.35. The van der Waals surface area contributed by atoms with E-state index in [2.05, 4.69) is 41.9 Å². The first-order chi connectivity index (χ1) is 6.74. The van der Waals surface area contributed by atoms with Crippen molar-refractivity contribution in [1.82, 2.24) is 0 Å². The fourth-order valence-corrected chi connectivity index (χ4v) is 1.89. The molecule has 0 aromatic heterocycles. The third-order valence-electron chi connectivity index (χ3n) is 2.92. The minimum Gasteiger partial charge on any atom is -0.381 e. The molecule has 3 atom stereocenters. The lowest BCUT2D eigenvalue weighted by atomic mass is 9.85. The van der Waals surface area contributed by atoms with Crippen LogP contribution in [0.15, 0.2) is 12.2 Å². The monoisotopic (exact) mass is 260 g/mol. The molecule has 82 valence electrons. The van der Waals surface area contributed by atoms with Gasteiger partial charge < -0.3 is 4.74 Å². The van der Waals surface area contributed by atoms with E-state index in [9.17, 15) is 0 Å². The maximum atomic E-state index is 5.73. The minimum absolute atomic E-state index is 0.629. The van der Waals surface area contributed by atoms with Crippen molar-refractivity contribution in [3.63, 3.8) is 0 Å². The first-order valence-electron chi connectivity index (χ1n) is 5.52. The predicted octanol–water partition coefficient (Wildman–Crippen LogP) is 3.64. The van der Waals surface area contributed by atoms with Crippen LogP contribution >= 0.6 is 15.9 Å². The predicted molar refractivity (Wildman–Crippen MR) is 64.8 cm³/mol. The van der Waals surface area contributed by atoms with Crippen molar-refractivity contribution in [1.29, 1.82) is 0 Å². The van der Waals surface area contributed by atoms with E-state index in [1.807, 2.05) is 0 Å². The Morgan fingerprint density at radius 3 is 2.79 bits per heavy atom. The van der Waals surface area contributed by atoms with Crippen LogP contribution in [-0.4, -0.2) is 18.5 Å². The van der Waals surface area contributed by atoms with Crippen molar-refractivity contribution in [2.75, 3.05) is 18.5 Å². The van der Waals surface area contributed by atoms with E-state index in [1.54, 1.807) is 0 Å². The zero-order valence-corrected chi connectivity index (χ0v) is 10.8. The molecule has 0 aromatic carbocycles. The highest BCUT2D eigenvalue weighted by Crippen LogP contribution is 2.25. The van der Waals surface area contributed by atoms with E-state index in [1.165, 1.54) is 12.8 Å². The second-order valence-corrected chi connectivity index (χ2v) is 5.12. The summed E-state index contributed by atoms with van der Waals surface area (Å²) in [7, 11) is 0. The van der Waals surface area contributed by atoms with Gasteiger partial charge in [0.1, 0.15) is 0 Å². The second-order valence-electron chi connectivity index (χ2n) is 4.48. The van der Waals surface area contributed by atoms with E-state index in [0.29, 0.717) is 5.92 Å². The molecule has 0 heterocycles. The summed E-state index contributed by atoms with van der Waals surface area (Å²) in [5, 5.41) is 1.03. The normalized spacial score (nSPS) is 29.1. The van der Waals surface area contributed by atoms with Crippen LogP contribution in [0.5, 0.6) is 0 Å². The number of halogens is 1. The molecule has 3 unspecified atom stereocenters. The third kappa shape index (κ3) is 4.14. The van der Waals surface area contributed by atoms with Crippen LogP contribution in [0.2, 0.25) is 0 Å². The maximum Gasteiger partial charge on any atom is 0.0500 e. The Kier molecular flexibility index (Phi) is 5.80. The molecule has 0 saturated heterocycles. The Morgan fingerprint density at radius 2 is 2.14 bits per heavy atom. The fourth-order valence-electron chi connectivity index (χ4n) is 1.70. The van der Waals surface area contributed by atoms with E-state index < -0.39 is 0 Å². The van der Waals surface area contributed by atoms with Gasteiger partial charge in [0.05, 0.1) is 0 Å². The van der Waals surface area contributed by atoms with Crippen molar-refractivity contribution in [3.05, 3.63) is 12.2 Å². The Balaban J connectivity index is 2.14. The molecule has 0 aliphatic heterocycles. The highest BCUT2D eigenvalue weighted by molar-refractivity contribution is 9.09. The summed E-state index contributed by atoms with van der Waals surface area (Å²) in [6, 6.07) is 0. The average molecular weight is 261 g/mol. The summed E-state index contributed by atoms with van der Waals surface area (Å²) >= 11 is 3.46. The number of allylic oxidation sites excluding steroid dienone is 2. The van der Waals surface area contributed by atoms with Gasteiger partial charge in [0, 0.05) is 18.5 Å². The molecular formula is C12H21BrO. The third-order valence-corrected chi connectivity index (χ3v) is 4.02. The molecule has 0 spiro atoms. The molecule has 1 aliphatic carbocycles. The molecule has 1 rings (SSSR count). The van der Waals surface area contributed by atoms with Gasteiger partial charge in [-0.2, -0.15) is 0 Å². The van der Waals surface area contributed by atoms with Crippen molar-refractivity contribution in [2.45, 2.75) is 26.7 Å². The molecule has 0 bridgehead atoms. The van der Waals surface area contributed by atoms with Crippen LogP contribution in [-0.2, 0) is 4.74 Å². The largest absolute Gasteiger partial charge is 0.381 e. The summed E-state index contributed by atoms with van der Waals surface area (Å²) in [5.74, 6) is 2.16. The van der Waals surface area contributed by atoms with Gasteiger partial charge in [-0.15, -0.1) is 0 Å². The molecule has 0 fully saturated rings. The number of alkyl halides is 1. The highest BCUT2D eigenvalue weighted by Gasteiger charge is 2.18. The van der Waals surface area contributed by atoms with Crippen LogP contribution in [0.1, 0.15) is 26.7 Å².